The fourth-order valence-corrected chi connectivity index (χ4v) is 3.29. The number of ether oxygens (including phenoxy) is 1. The van der Waals surface area contributed by atoms with Crippen LogP contribution in [0.1, 0.15) is 27.4 Å². The molecule has 0 saturated carbocycles. The second kappa shape index (κ2) is 7.93. The van der Waals surface area contributed by atoms with Crippen molar-refractivity contribution < 1.29 is 14.5 Å². The highest BCUT2D eigenvalue weighted by Gasteiger charge is 2.21. The van der Waals surface area contributed by atoms with Gasteiger partial charge in [0.25, 0.3) is 0 Å². The van der Waals surface area contributed by atoms with Gasteiger partial charge in [0.2, 0.25) is 11.5 Å². The number of Topliss-reactive ketones (excluding diaryl/α,β-unsaturated/α-hetero) is 1. The van der Waals surface area contributed by atoms with Crippen LogP contribution in [0.5, 0.6) is 5.75 Å². The van der Waals surface area contributed by atoms with E-state index in [9.17, 15) is 14.9 Å². The van der Waals surface area contributed by atoms with E-state index in [1.165, 1.54) is 6.07 Å². The second-order valence-corrected chi connectivity index (χ2v) is 7.26. The van der Waals surface area contributed by atoms with Gasteiger partial charge in [0, 0.05) is 34.0 Å². The molecule has 3 aromatic rings. The summed E-state index contributed by atoms with van der Waals surface area (Å²) in [6.07, 6.45) is 0. The third-order valence-corrected chi connectivity index (χ3v) is 4.86. The Bertz CT molecular complexity index is 1060. The van der Waals surface area contributed by atoms with Crippen LogP contribution in [0.25, 0.3) is 5.69 Å². The van der Waals surface area contributed by atoms with Gasteiger partial charge in [0.15, 0.2) is 6.61 Å². The summed E-state index contributed by atoms with van der Waals surface area (Å²) in [4.78, 5) is 27.1. The molecule has 0 unspecified atom stereocenters. The average Bonchev–Trinajstić information content (AvgIpc) is 2.95. The maximum absolute atomic E-state index is 12.7. The molecule has 0 aliphatic heterocycles. The molecule has 0 aliphatic carbocycles. The Morgan fingerprint density at radius 1 is 1.18 bits per heavy atom. The molecule has 0 amide bonds. The van der Waals surface area contributed by atoms with E-state index in [2.05, 4.69) is 20.9 Å². The number of benzene rings is 1. The van der Waals surface area contributed by atoms with Crippen LogP contribution in [0.15, 0.2) is 46.9 Å². The van der Waals surface area contributed by atoms with Crippen molar-refractivity contribution in [1.29, 1.82) is 0 Å². The van der Waals surface area contributed by atoms with Crippen molar-refractivity contribution in [3.8, 4) is 11.4 Å². The molecule has 144 valence electrons. The largest absolute Gasteiger partial charge is 0.477 e. The molecule has 8 heteroatoms. The highest BCUT2D eigenvalue weighted by atomic mass is 79.9. The number of ketones is 1. The number of halogens is 1. The lowest BCUT2D eigenvalue weighted by Gasteiger charge is -2.10. The molecule has 0 aliphatic rings. The van der Waals surface area contributed by atoms with E-state index in [-0.39, 0.29) is 18.1 Å². The number of aryl methyl sites for hydroxylation is 2. The average molecular weight is 444 g/mol. The third-order valence-electron chi connectivity index (χ3n) is 4.33. The number of nitro groups is 1. The van der Waals surface area contributed by atoms with Gasteiger partial charge in [-0.15, -0.1) is 0 Å². The summed E-state index contributed by atoms with van der Waals surface area (Å²) in [7, 11) is 0. The number of rotatable bonds is 6. The highest BCUT2D eigenvalue weighted by Crippen LogP contribution is 2.26. The van der Waals surface area contributed by atoms with Crippen molar-refractivity contribution >= 4 is 27.5 Å². The summed E-state index contributed by atoms with van der Waals surface area (Å²) in [6.45, 7) is 5.12. The van der Waals surface area contributed by atoms with E-state index in [0.717, 1.165) is 21.5 Å². The fourth-order valence-electron chi connectivity index (χ4n) is 3.03. The van der Waals surface area contributed by atoms with E-state index in [1.54, 1.807) is 19.1 Å². The molecule has 0 fully saturated rings. The molecule has 0 atom stereocenters. The molecule has 1 aromatic carbocycles. The first kappa shape index (κ1) is 19.8. The third kappa shape index (κ3) is 3.96. The van der Waals surface area contributed by atoms with E-state index >= 15 is 0 Å². The van der Waals surface area contributed by atoms with Crippen molar-refractivity contribution in [2.75, 3.05) is 6.61 Å². The standard InChI is InChI=1S/C20H18BrN3O4/c1-12-4-9-19(20(22-12)24(26)27)28-11-18(25)17-10-13(2)23(14(17)3)16-7-5-15(21)6-8-16/h4-10H,11H2,1-3H3. The van der Waals surface area contributed by atoms with Gasteiger partial charge in [-0.25, -0.2) is 0 Å². The van der Waals surface area contributed by atoms with Crippen LogP contribution < -0.4 is 4.74 Å². The second-order valence-electron chi connectivity index (χ2n) is 6.34. The van der Waals surface area contributed by atoms with Crippen molar-refractivity contribution in [2.45, 2.75) is 20.8 Å². The van der Waals surface area contributed by atoms with E-state index < -0.39 is 10.7 Å². The number of nitrogens with zero attached hydrogens (tertiary/aromatic N) is 3. The van der Waals surface area contributed by atoms with Crippen LogP contribution in [0.4, 0.5) is 5.82 Å². The minimum atomic E-state index is -0.619. The minimum Gasteiger partial charge on any atom is -0.477 e. The van der Waals surface area contributed by atoms with Gasteiger partial charge in [0.1, 0.15) is 5.69 Å². The zero-order valence-corrected chi connectivity index (χ0v) is 17.2. The molecule has 2 aromatic heterocycles. The Hall–Kier alpha value is -3.00. The molecule has 0 radical (unpaired) electrons. The van der Waals surface area contributed by atoms with Crippen LogP contribution >= 0.6 is 15.9 Å². The first-order valence-electron chi connectivity index (χ1n) is 8.51. The minimum absolute atomic E-state index is 0.0225. The van der Waals surface area contributed by atoms with Crippen LogP contribution in [0.3, 0.4) is 0 Å². The van der Waals surface area contributed by atoms with E-state index in [0.29, 0.717) is 11.3 Å². The molecule has 0 bridgehead atoms. The maximum Gasteiger partial charge on any atom is 0.406 e. The molecule has 0 saturated heterocycles. The smallest absolute Gasteiger partial charge is 0.406 e. The Balaban J connectivity index is 1.84. The van der Waals surface area contributed by atoms with Gasteiger partial charge < -0.3 is 19.4 Å². The summed E-state index contributed by atoms with van der Waals surface area (Å²) in [6, 6.07) is 12.6. The maximum atomic E-state index is 12.7. The quantitative estimate of drug-likeness (QED) is 0.312. The molecule has 0 N–H and O–H groups in total. The van der Waals surface area contributed by atoms with Crippen molar-refractivity contribution in [2.24, 2.45) is 0 Å². The summed E-state index contributed by atoms with van der Waals surface area (Å²) in [5.41, 5.74) is 3.65. The summed E-state index contributed by atoms with van der Waals surface area (Å²) < 4.78 is 8.38. The van der Waals surface area contributed by atoms with Crippen molar-refractivity contribution in [3.05, 3.63) is 79.7 Å². The summed E-state index contributed by atoms with van der Waals surface area (Å²) in [5.74, 6) is -0.676. The lowest BCUT2D eigenvalue weighted by Crippen LogP contribution is -2.14. The Morgan fingerprint density at radius 2 is 1.86 bits per heavy atom. The molecule has 28 heavy (non-hydrogen) atoms. The van der Waals surface area contributed by atoms with Gasteiger partial charge in [-0.2, -0.15) is 0 Å². The van der Waals surface area contributed by atoms with Crippen LogP contribution in [-0.2, 0) is 0 Å². The van der Waals surface area contributed by atoms with E-state index in [1.807, 2.05) is 42.7 Å². The monoisotopic (exact) mass is 443 g/mol. The lowest BCUT2D eigenvalue weighted by molar-refractivity contribution is -0.390. The predicted octanol–water partition coefficient (Wildman–Crippen LogP) is 4.73. The fraction of sp³-hybridized carbons (Fsp3) is 0.200. The summed E-state index contributed by atoms with van der Waals surface area (Å²) in [5, 5.41) is 11.1. The summed E-state index contributed by atoms with van der Waals surface area (Å²) >= 11 is 3.41. The number of carbonyl (C=O) groups excluding carboxylic acids is 1. The Labute approximate surface area is 170 Å². The van der Waals surface area contributed by atoms with Gasteiger partial charge in [-0.05, 0) is 66.2 Å². The SMILES string of the molecule is Cc1ccc(OCC(=O)c2cc(C)n(-c3ccc(Br)cc3)c2C)c([N+](=O)[O-])n1. The van der Waals surface area contributed by atoms with Gasteiger partial charge in [-0.1, -0.05) is 15.9 Å². The van der Waals surface area contributed by atoms with Crippen LogP contribution in [0, 0.1) is 30.9 Å². The number of carbonyl (C=O) groups is 1. The number of hydrogen-bond donors (Lipinski definition) is 0. The molecule has 0 spiro atoms. The normalized spacial score (nSPS) is 10.7. The molecular weight excluding hydrogens is 426 g/mol. The number of pyridine rings is 1. The molecule has 2 heterocycles. The van der Waals surface area contributed by atoms with Gasteiger partial charge in [-0.3, -0.25) is 4.79 Å². The first-order valence-corrected chi connectivity index (χ1v) is 9.30. The molecule has 7 nitrogen and oxygen atoms in total. The Kier molecular flexibility index (Phi) is 5.60. The van der Waals surface area contributed by atoms with Crippen LogP contribution in [0.2, 0.25) is 0 Å². The Morgan fingerprint density at radius 3 is 2.50 bits per heavy atom. The molecule has 3 rings (SSSR count). The lowest BCUT2D eigenvalue weighted by atomic mass is 10.1. The zero-order valence-electron chi connectivity index (χ0n) is 15.6. The number of aromatic nitrogens is 2. The first-order chi connectivity index (χ1) is 13.3. The zero-order chi connectivity index (χ0) is 20.4. The van der Waals surface area contributed by atoms with Gasteiger partial charge >= 0.3 is 5.82 Å². The predicted molar refractivity (Wildman–Crippen MR) is 108 cm³/mol. The van der Waals surface area contributed by atoms with Crippen molar-refractivity contribution in [3.63, 3.8) is 0 Å². The highest BCUT2D eigenvalue weighted by molar-refractivity contribution is 9.10. The van der Waals surface area contributed by atoms with Gasteiger partial charge in [0.05, 0.1) is 0 Å². The molecular formula is C20H18BrN3O4. The topological polar surface area (TPSA) is 87.3 Å². The number of hydrogen-bond acceptors (Lipinski definition) is 5. The van der Waals surface area contributed by atoms with E-state index in [4.69, 9.17) is 4.74 Å². The van der Waals surface area contributed by atoms with Crippen LogP contribution in [-0.4, -0.2) is 26.9 Å². The van der Waals surface area contributed by atoms with Crippen molar-refractivity contribution in [1.82, 2.24) is 9.55 Å².